The Morgan fingerprint density at radius 1 is 0.857 bits per heavy atom. The lowest BCUT2D eigenvalue weighted by Gasteiger charge is -2.27. The second-order valence-electron chi connectivity index (χ2n) is 7.25. The predicted molar refractivity (Wildman–Crippen MR) is 113 cm³/mol. The Morgan fingerprint density at radius 2 is 1.32 bits per heavy atom. The van der Waals surface area contributed by atoms with Crippen molar-refractivity contribution in [1.82, 2.24) is 9.80 Å². The topological polar surface area (TPSA) is 66.6 Å². The van der Waals surface area contributed by atoms with Crippen molar-refractivity contribution in [2.75, 3.05) is 26.7 Å². The smallest absolute Gasteiger partial charge is 0.233 e. The lowest BCUT2D eigenvalue weighted by atomic mass is 10.1. The van der Waals surface area contributed by atoms with Crippen molar-refractivity contribution in [3.8, 4) is 0 Å². The molecular weight excluding hydrogens is 350 g/mol. The molecule has 0 saturated carbocycles. The molecule has 5 nitrogen and oxygen atoms in total. The lowest BCUT2D eigenvalue weighted by Crippen LogP contribution is -2.49. The highest BCUT2D eigenvalue weighted by molar-refractivity contribution is 5.97. The fourth-order valence-corrected chi connectivity index (χ4v) is 3.24. The van der Waals surface area contributed by atoms with Crippen LogP contribution >= 0.6 is 0 Å². The van der Waals surface area contributed by atoms with Crippen molar-refractivity contribution in [1.29, 1.82) is 0 Å². The number of imide groups is 1. The van der Waals surface area contributed by atoms with Gasteiger partial charge in [-0.1, -0.05) is 67.6 Å². The number of rotatable bonds is 10. The molecule has 2 N–H and O–H groups in total. The van der Waals surface area contributed by atoms with E-state index in [9.17, 15) is 9.59 Å². The number of likely N-dealkylation sites (N-methyl/N-ethyl adjacent to an activating group) is 1. The van der Waals surface area contributed by atoms with E-state index in [-0.39, 0.29) is 37.2 Å². The van der Waals surface area contributed by atoms with E-state index in [2.05, 4.69) is 11.8 Å². The first-order valence-corrected chi connectivity index (χ1v) is 9.84. The minimum atomic E-state index is -0.281. The summed E-state index contributed by atoms with van der Waals surface area (Å²) >= 11 is 0. The van der Waals surface area contributed by atoms with E-state index in [0.717, 1.165) is 24.1 Å². The molecule has 0 spiro atoms. The lowest BCUT2D eigenvalue weighted by molar-refractivity contribution is -0.144. The van der Waals surface area contributed by atoms with Crippen LogP contribution in [0, 0.1) is 0 Å². The van der Waals surface area contributed by atoms with Gasteiger partial charge in [-0.2, -0.15) is 0 Å². The molecule has 0 fully saturated rings. The normalized spacial score (nSPS) is 12.0. The van der Waals surface area contributed by atoms with Crippen LogP contribution in [0.5, 0.6) is 0 Å². The fraction of sp³-hybridized carbons (Fsp3) is 0.391. The molecule has 2 aromatic rings. The van der Waals surface area contributed by atoms with Crippen LogP contribution in [0.3, 0.4) is 0 Å². The molecule has 0 aliphatic heterocycles. The third-order valence-corrected chi connectivity index (χ3v) is 4.57. The fourth-order valence-electron chi connectivity index (χ4n) is 3.24. The first kappa shape index (κ1) is 21.8. The highest BCUT2D eigenvalue weighted by Crippen LogP contribution is 2.08. The van der Waals surface area contributed by atoms with Crippen LogP contribution in [0.4, 0.5) is 0 Å². The monoisotopic (exact) mass is 381 g/mol. The Balaban J connectivity index is 2.09. The van der Waals surface area contributed by atoms with Gasteiger partial charge in [0, 0.05) is 19.1 Å². The van der Waals surface area contributed by atoms with Crippen molar-refractivity contribution in [3.63, 3.8) is 0 Å². The van der Waals surface area contributed by atoms with Crippen LogP contribution in [0.15, 0.2) is 60.7 Å². The number of hydrogen-bond acceptors (Lipinski definition) is 4. The zero-order valence-corrected chi connectivity index (χ0v) is 16.9. The number of nitrogens with zero attached hydrogens (tertiary/aromatic N) is 2. The summed E-state index contributed by atoms with van der Waals surface area (Å²) in [6, 6.07) is 18.7. The molecule has 2 rings (SSSR count). The molecule has 1 atom stereocenters. The Bertz CT molecular complexity index is 681. The number of carbonyl (C=O) groups excluding carboxylic acids is 2. The first-order valence-electron chi connectivity index (χ1n) is 9.84. The van der Waals surface area contributed by atoms with E-state index in [4.69, 9.17) is 5.73 Å². The van der Waals surface area contributed by atoms with Crippen molar-refractivity contribution in [3.05, 3.63) is 71.8 Å². The molecule has 1 unspecified atom stereocenters. The maximum absolute atomic E-state index is 12.9. The van der Waals surface area contributed by atoms with Gasteiger partial charge in [-0.05, 0) is 31.1 Å². The number of hydrogen-bond donors (Lipinski definition) is 1. The van der Waals surface area contributed by atoms with Gasteiger partial charge in [-0.25, -0.2) is 0 Å². The average Bonchev–Trinajstić information content (AvgIpc) is 2.67. The third-order valence-electron chi connectivity index (χ3n) is 4.57. The van der Waals surface area contributed by atoms with Crippen LogP contribution in [0.2, 0.25) is 0 Å². The van der Waals surface area contributed by atoms with Crippen molar-refractivity contribution < 1.29 is 9.59 Å². The van der Waals surface area contributed by atoms with Crippen molar-refractivity contribution in [2.45, 2.75) is 32.2 Å². The number of carbonyl (C=O) groups is 2. The van der Waals surface area contributed by atoms with E-state index in [0.29, 0.717) is 6.54 Å². The van der Waals surface area contributed by atoms with E-state index in [1.54, 1.807) is 0 Å². The van der Waals surface area contributed by atoms with Crippen molar-refractivity contribution in [2.24, 2.45) is 5.73 Å². The van der Waals surface area contributed by atoms with E-state index in [1.807, 2.05) is 67.7 Å². The Hall–Kier alpha value is -2.50. The van der Waals surface area contributed by atoms with Gasteiger partial charge in [-0.15, -0.1) is 0 Å². The first-order chi connectivity index (χ1) is 13.5. The summed E-state index contributed by atoms with van der Waals surface area (Å²) in [5.74, 6) is -0.415. The molecule has 0 heterocycles. The zero-order chi connectivity index (χ0) is 20.4. The molecule has 2 amide bonds. The molecule has 0 aliphatic rings. The maximum atomic E-state index is 12.9. The SMILES string of the molecule is CCCN(C)CC(N)CN(C(=O)Cc1ccccc1)C(=O)Cc1ccccc1. The summed E-state index contributed by atoms with van der Waals surface area (Å²) in [6.45, 7) is 3.91. The molecule has 5 heteroatoms. The van der Waals surface area contributed by atoms with Gasteiger partial charge in [0.15, 0.2) is 0 Å². The summed E-state index contributed by atoms with van der Waals surface area (Å²) in [5, 5.41) is 0. The summed E-state index contributed by atoms with van der Waals surface area (Å²) < 4.78 is 0. The molecule has 150 valence electrons. The molecule has 28 heavy (non-hydrogen) atoms. The molecular formula is C23H31N3O2. The summed E-state index contributed by atoms with van der Waals surface area (Å²) in [5.41, 5.74) is 8.06. The van der Waals surface area contributed by atoms with Crippen LogP contribution in [-0.2, 0) is 22.4 Å². The minimum absolute atomic E-state index is 0.193. The zero-order valence-electron chi connectivity index (χ0n) is 16.9. The molecule has 0 saturated heterocycles. The van der Waals surface area contributed by atoms with E-state index < -0.39 is 0 Å². The van der Waals surface area contributed by atoms with Crippen LogP contribution in [0.25, 0.3) is 0 Å². The Labute approximate surface area is 168 Å². The van der Waals surface area contributed by atoms with Gasteiger partial charge < -0.3 is 10.6 Å². The highest BCUT2D eigenvalue weighted by atomic mass is 16.2. The van der Waals surface area contributed by atoms with Gasteiger partial charge in [0.05, 0.1) is 12.8 Å². The summed E-state index contributed by atoms with van der Waals surface area (Å²) in [4.78, 5) is 29.3. The standard InChI is InChI=1S/C23H31N3O2/c1-3-14-25(2)17-21(24)18-26(22(27)15-19-10-6-4-7-11-19)23(28)16-20-12-8-5-9-13-20/h4-13,21H,3,14-18,24H2,1-2H3. The molecule has 0 aliphatic carbocycles. The minimum Gasteiger partial charge on any atom is -0.325 e. The third kappa shape index (κ3) is 7.25. The quantitative estimate of drug-likeness (QED) is 0.687. The highest BCUT2D eigenvalue weighted by Gasteiger charge is 2.24. The number of amides is 2. The largest absolute Gasteiger partial charge is 0.325 e. The number of benzene rings is 2. The van der Waals surface area contributed by atoms with Crippen LogP contribution < -0.4 is 5.73 Å². The summed E-state index contributed by atoms with van der Waals surface area (Å²) in [6.07, 6.45) is 1.42. The Kier molecular flexibility index (Phi) is 8.85. The van der Waals surface area contributed by atoms with Crippen LogP contribution in [0.1, 0.15) is 24.5 Å². The molecule has 0 aromatic heterocycles. The molecule has 2 aromatic carbocycles. The molecule has 0 radical (unpaired) electrons. The Morgan fingerprint density at radius 3 is 1.75 bits per heavy atom. The average molecular weight is 382 g/mol. The van der Waals surface area contributed by atoms with Crippen LogP contribution in [-0.4, -0.2) is 54.3 Å². The van der Waals surface area contributed by atoms with Gasteiger partial charge in [-0.3, -0.25) is 14.5 Å². The van der Waals surface area contributed by atoms with Crippen molar-refractivity contribution >= 4 is 11.8 Å². The van der Waals surface area contributed by atoms with E-state index in [1.165, 1.54) is 4.90 Å². The second kappa shape index (κ2) is 11.4. The van der Waals surface area contributed by atoms with Gasteiger partial charge in [0.1, 0.15) is 0 Å². The second-order valence-corrected chi connectivity index (χ2v) is 7.25. The summed E-state index contributed by atoms with van der Waals surface area (Å²) in [7, 11) is 2.01. The van der Waals surface area contributed by atoms with Gasteiger partial charge in [0.2, 0.25) is 11.8 Å². The van der Waals surface area contributed by atoms with E-state index >= 15 is 0 Å². The van der Waals surface area contributed by atoms with Gasteiger partial charge >= 0.3 is 0 Å². The predicted octanol–water partition coefficient (Wildman–Crippen LogP) is 2.50. The maximum Gasteiger partial charge on any atom is 0.233 e. The van der Waals surface area contributed by atoms with Gasteiger partial charge in [0.25, 0.3) is 0 Å². The number of nitrogens with two attached hydrogens (primary N) is 1. The molecule has 0 bridgehead atoms.